The van der Waals surface area contributed by atoms with E-state index in [4.69, 9.17) is 0 Å². The molecule has 1 fully saturated rings. The maximum Gasteiger partial charge on any atom is 0.249 e. The van der Waals surface area contributed by atoms with Crippen LogP contribution in [0.4, 0.5) is 15.9 Å². The number of fused-ring (bicyclic) bond motifs is 1. The van der Waals surface area contributed by atoms with Crippen molar-refractivity contribution in [1.29, 1.82) is 0 Å². The molecule has 0 aliphatic carbocycles. The topological polar surface area (TPSA) is 62.2 Å². The summed E-state index contributed by atoms with van der Waals surface area (Å²) in [6.07, 6.45) is 3.80. The molecule has 3 heterocycles. The number of para-hydroxylation sites is 1. The third kappa shape index (κ3) is 2.67. The van der Waals surface area contributed by atoms with Crippen molar-refractivity contribution in [3.8, 4) is 0 Å². The first-order valence-electron chi connectivity index (χ1n) is 8.01. The number of aromatic nitrogens is 3. The summed E-state index contributed by atoms with van der Waals surface area (Å²) in [6, 6.07) is 9.59. The number of hydrogen-bond acceptors (Lipinski definition) is 5. The quantitative estimate of drug-likeness (QED) is 0.734. The highest BCUT2D eigenvalue weighted by Gasteiger charge is 2.36. The van der Waals surface area contributed by atoms with E-state index in [1.165, 1.54) is 11.0 Å². The van der Waals surface area contributed by atoms with Crippen molar-refractivity contribution in [3.05, 3.63) is 54.6 Å². The van der Waals surface area contributed by atoms with E-state index in [0.29, 0.717) is 35.6 Å². The SMILES string of the molecule is CN(c1ccc2nccnc2n1)[C@@H]1CCN(c2ccccc2F)C1=O. The molecule has 0 N–H and O–H groups in total. The summed E-state index contributed by atoms with van der Waals surface area (Å²) in [6.45, 7) is 0.474. The Morgan fingerprint density at radius 2 is 1.96 bits per heavy atom. The van der Waals surface area contributed by atoms with E-state index in [9.17, 15) is 9.18 Å². The summed E-state index contributed by atoms with van der Waals surface area (Å²) < 4.78 is 14.0. The molecule has 1 aliphatic heterocycles. The third-order valence-electron chi connectivity index (χ3n) is 4.47. The molecule has 0 saturated carbocycles. The van der Waals surface area contributed by atoms with Gasteiger partial charge in [-0.2, -0.15) is 0 Å². The summed E-state index contributed by atoms with van der Waals surface area (Å²) in [5, 5.41) is 0. The molecule has 0 spiro atoms. The van der Waals surface area contributed by atoms with Gasteiger partial charge in [-0.15, -0.1) is 0 Å². The Hall–Kier alpha value is -3.09. The van der Waals surface area contributed by atoms with E-state index in [1.54, 1.807) is 30.6 Å². The lowest BCUT2D eigenvalue weighted by molar-refractivity contribution is -0.118. The van der Waals surface area contributed by atoms with Crippen molar-refractivity contribution in [3.63, 3.8) is 0 Å². The number of benzene rings is 1. The van der Waals surface area contributed by atoms with Gasteiger partial charge in [-0.1, -0.05) is 12.1 Å². The largest absolute Gasteiger partial charge is 0.347 e. The van der Waals surface area contributed by atoms with Crippen molar-refractivity contribution >= 4 is 28.6 Å². The zero-order valence-corrected chi connectivity index (χ0v) is 13.6. The molecule has 3 aromatic rings. The highest BCUT2D eigenvalue weighted by Crippen LogP contribution is 2.28. The Kier molecular flexibility index (Phi) is 3.76. The first kappa shape index (κ1) is 15.4. The molecule has 1 amide bonds. The Morgan fingerprint density at radius 3 is 2.80 bits per heavy atom. The van der Waals surface area contributed by atoms with Gasteiger partial charge in [0.2, 0.25) is 5.91 Å². The van der Waals surface area contributed by atoms with E-state index in [2.05, 4.69) is 15.0 Å². The van der Waals surface area contributed by atoms with Gasteiger partial charge in [-0.05, 0) is 30.7 Å². The second kappa shape index (κ2) is 6.08. The van der Waals surface area contributed by atoms with Crippen molar-refractivity contribution in [1.82, 2.24) is 15.0 Å². The Balaban J connectivity index is 1.61. The fourth-order valence-electron chi connectivity index (χ4n) is 3.13. The summed E-state index contributed by atoms with van der Waals surface area (Å²) >= 11 is 0. The first-order chi connectivity index (χ1) is 12.1. The standard InChI is InChI=1S/C18H16FN5O/c1-23(16-7-6-13-17(22-16)21-10-9-20-13)15-8-11-24(18(15)25)14-5-3-2-4-12(14)19/h2-7,9-10,15H,8,11H2,1H3/t15-/m1/s1. The van der Waals surface area contributed by atoms with Crippen molar-refractivity contribution < 1.29 is 9.18 Å². The molecule has 126 valence electrons. The molecule has 1 aromatic carbocycles. The molecule has 0 bridgehead atoms. The first-order valence-corrected chi connectivity index (χ1v) is 8.01. The number of rotatable bonds is 3. The number of anilines is 2. The lowest BCUT2D eigenvalue weighted by Crippen LogP contribution is -2.40. The number of halogens is 1. The predicted octanol–water partition coefficient (Wildman–Crippen LogP) is 2.41. The molecular weight excluding hydrogens is 321 g/mol. The van der Waals surface area contributed by atoms with Gasteiger partial charge in [0.25, 0.3) is 0 Å². The zero-order valence-electron chi connectivity index (χ0n) is 13.6. The van der Waals surface area contributed by atoms with Crippen molar-refractivity contribution in [2.45, 2.75) is 12.5 Å². The van der Waals surface area contributed by atoms with Gasteiger partial charge in [-0.3, -0.25) is 9.78 Å². The maximum absolute atomic E-state index is 14.0. The molecule has 1 atom stereocenters. The Bertz CT molecular complexity index is 947. The Morgan fingerprint density at radius 1 is 1.16 bits per heavy atom. The van der Waals surface area contributed by atoms with E-state index in [0.717, 1.165) is 0 Å². The van der Waals surface area contributed by atoms with Crippen molar-refractivity contribution in [2.24, 2.45) is 0 Å². The average molecular weight is 337 g/mol. The number of likely N-dealkylation sites (N-methyl/N-ethyl adjacent to an activating group) is 1. The van der Waals surface area contributed by atoms with Gasteiger partial charge in [0.1, 0.15) is 23.2 Å². The van der Waals surface area contributed by atoms with E-state index in [1.807, 2.05) is 24.1 Å². The molecule has 4 rings (SSSR count). The van der Waals surface area contributed by atoms with Gasteiger partial charge in [0, 0.05) is 26.0 Å². The van der Waals surface area contributed by atoms with Crippen LogP contribution in [0.15, 0.2) is 48.8 Å². The molecule has 1 aliphatic rings. The number of amides is 1. The molecule has 2 aromatic heterocycles. The van der Waals surface area contributed by atoms with Gasteiger partial charge in [0.15, 0.2) is 5.65 Å². The average Bonchev–Trinajstić information content (AvgIpc) is 3.02. The molecule has 7 heteroatoms. The van der Waals surface area contributed by atoms with Gasteiger partial charge in [0.05, 0.1) is 5.69 Å². The van der Waals surface area contributed by atoms with Crippen LogP contribution < -0.4 is 9.80 Å². The molecule has 6 nitrogen and oxygen atoms in total. The van der Waals surface area contributed by atoms with Crippen LogP contribution in [0.1, 0.15) is 6.42 Å². The van der Waals surface area contributed by atoms with Gasteiger partial charge >= 0.3 is 0 Å². The summed E-state index contributed by atoms with van der Waals surface area (Å²) in [5.41, 5.74) is 1.55. The third-order valence-corrected chi connectivity index (χ3v) is 4.47. The Labute approximate surface area is 143 Å². The fraction of sp³-hybridized carbons (Fsp3) is 0.222. The van der Waals surface area contributed by atoms with Crippen LogP contribution >= 0.6 is 0 Å². The summed E-state index contributed by atoms with van der Waals surface area (Å²) in [4.78, 5) is 29.0. The summed E-state index contributed by atoms with van der Waals surface area (Å²) in [5.74, 6) is 0.119. The van der Waals surface area contributed by atoms with E-state index < -0.39 is 5.82 Å². The van der Waals surface area contributed by atoms with E-state index in [-0.39, 0.29) is 11.9 Å². The van der Waals surface area contributed by atoms with Crippen LogP contribution in [-0.4, -0.2) is 40.5 Å². The normalized spacial score (nSPS) is 17.3. The number of pyridine rings is 1. The van der Waals surface area contributed by atoms with Gasteiger partial charge in [-0.25, -0.2) is 14.4 Å². The fourth-order valence-corrected chi connectivity index (χ4v) is 3.13. The van der Waals surface area contributed by atoms with Crippen molar-refractivity contribution in [2.75, 3.05) is 23.4 Å². The lowest BCUT2D eigenvalue weighted by Gasteiger charge is -2.25. The smallest absolute Gasteiger partial charge is 0.249 e. The minimum atomic E-state index is -0.391. The summed E-state index contributed by atoms with van der Waals surface area (Å²) in [7, 11) is 1.82. The minimum Gasteiger partial charge on any atom is -0.347 e. The molecule has 0 unspecified atom stereocenters. The molecule has 25 heavy (non-hydrogen) atoms. The van der Waals surface area contributed by atoms with Crippen LogP contribution in [0, 0.1) is 5.82 Å². The predicted molar refractivity (Wildman–Crippen MR) is 92.9 cm³/mol. The maximum atomic E-state index is 14.0. The number of carbonyl (C=O) groups excluding carboxylic acids is 1. The zero-order chi connectivity index (χ0) is 17.4. The second-order valence-electron chi connectivity index (χ2n) is 5.93. The number of carbonyl (C=O) groups is 1. The lowest BCUT2D eigenvalue weighted by atomic mass is 10.2. The molecule has 1 saturated heterocycles. The second-order valence-corrected chi connectivity index (χ2v) is 5.93. The van der Waals surface area contributed by atoms with Crippen LogP contribution in [0.25, 0.3) is 11.2 Å². The number of hydrogen-bond donors (Lipinski definition) is 0. The van der Waals surface area contributed by atoms with Crippen LogP contribution in [0.5, 0.6) is 0 Å². The monoisotopic (exact) mass is 337 g/mol. The molecule has 0 radical (unpaired) electrons. The minimum absolute atomic E-state index is 0.131. The van der Waals surface area contributed by atoms with E-state index >= 15 is 0 Å². The van der Waals surface area contributed by atoms with Crippen LogP contribution in [-0.2, 0) is 4.79 Å². The van der Waals surface area contributed by atoms with Crippen LogP contribution in [0.3, 0.4) is 0 Å². The highest BCUT2D eigenvalue weighted by molar-refractivity contribution is 6.01. The molecular formula is C18H16FN5O. The number of nitrogens with zero attached hydrogens (tertiary/aromatic N) is 5. The highest BCUT2D eigenvalue weighted by atomic mass is 19.1. The van der Waals surface area contributed by atoms with Crippen LogP contribution in [0.2, 0.25) is 0 Å². The van der Waals surface area contributed by atoms with Gasteiger partial charge < -0.3 is 9.80 Å².